The molecule has 0 atom stereocenters. The quantitative estimate of drug-likeness (QED) is 0.775. The molecule has 0 unspecified atom stereocenters. The first-order valence-corrected chi connectivity index (χ1v) is 6.04. The zero-order chi connectivity index (χ0) is 12.9. The van der Waals surface area contributed by atoms with Crippen molar-refractivity contribution in [3.8, 4) is 17.0 Å². The smallest absolute Gasteiger partial charge is 0.130 e. The van der Waals surface area contributed by atoms with Gasteiger partial charge in [0.1, 0.15) is 12.4 Å². The Morgan fingerprint density at radius 1 is 0.947 bits per heavy atom. The Kier molecular flexibility index (Phi) is 3.23. The summed E-state index contributed by atoms with van der Waals surface area (Å²) in [4.78, 5) is 4.21. The second-order valence-corrected chi connectivity index (χ2v) is 4.10. The molecule has 0 aliphatic rings. The van der Waals surface area contributed by atoms with Gasteiger partial charge in [-0.15, -0.1) is 0 Å². The second kappa shape index (κ2) is 5.35. The van der Waals surface area contributed by atoms with E-state index in [0.29, 0.717) is 6.61 Å². The maximum absolute atomic E-state index is 5.68. The SMILES string of the molecule is c1ccc(COc2ccc(-c3ccn[nH]3)cc2)nc1. The van der Waals surface area contributed by atoms with Gasteiger partial charge in [0.05, 0.1) is 11.4 Å². The molecule has 2 aromatic heterocycles. The van der Waals surface area contributed by atoms with E-state index in [9.17, 15) is 0 Å². The Balaban J connectivity index is 1.67. The van der Waals surface area contributed by atoms with Crippen LogP contribution in [0.15, 0.2) is 60.9 Å². The summed E-state index contributed by atoms with van der Waals surface area (Å²) in [6.07, 6.45) is 3.50. The van der Waals surface area contributed by atoms with Crippen molar-refractivity contribution in [2.24, 2.45) is 0 Å². The average molecular weight is 251 g/mol. The zero-order valence-electron chi connectivity index (χ0n) is 10.3. The van der Waals surface area contributed by atoms with E-state index in [0.717, 1.165) is 22.7 Å². The van der Waals surface area contributed by atoms with Crippen LogP contribution in [0.4, 0.5) is 0 Å². The highest BCUT2D eigenvalue weighted by Gasteiger charge is 2.00. The monoisotopic (exact) mass is 251 g/mol. The van der Waals surface area contributed by atoms with Crippen molar-refractivity contribution in [3.63, 3.8) is 0 Å². The molecule has 0 aliphatic heterocycles. The summed E-state index contributed by atoms with van der Waals surface area (Å²) in [5, 5.41) is 6.86. The molecule has 3 aromatic rings. The maximum Gasteiger partial charge on any atom is 0.130 e. The number of rotatable bonds is 4. The van der Waals surface area contributed by atoms with Gasteiger partial charge in [-0.05, 0) is 48.0 Å². The molecule has 0 fully saturated rings. The molecule has 0 saturated carbocycles. The van der Waals surface area contributed by atoms with E-state index in [1.165, 1.54) is 0 Å². The number of nitrogens with zero attached hydrogens (tertiary/aromatic N) is 2. The molecule has 0 amide bonds. The highest BCUT2D eigenvalue weighted by atomic mass is 16.5. The lowest BCUT2D eigenvalue weighted by molar-refractivity contribution is 0.301. The Bertz CT molecular complexity index is 618. The van der Waals surface area contributed by atoms with E-state index >= 15 is 0 Å². The summed E-state index contributed by atoms with van der Waals surface area (Å²) in [6.45, 7) is 0.476. The predicted octanol–water partition coefficient (Wildman–Crippen LogP) is 3.05. The van der Waals surface area contributed by atoms with Crippen molar-refractivity contribution < 1.29 is 4.74 Å². The first-order valence-electron chi connectivity index (χ1n) is 6.04. The number of aromatic amines is 1. The van der Waals surface area contributed by atoms with E-state index in [4.69, 9.17) is 4.74 Å². The van der Waals surface area contributed by atoms with Crippen LogP contribution in [0.2, 0.25) is 0 Å². The molecule has 4 nitrogen and oxygen atoms in total. The Morgan fingerprint density at radius 2 is 1.84 bits per heavy atom. The normalized spacial score (nSPS) is 10.3. The van der Waals surface area contributed by atoms with Crippen molar-refractivity contribution in [1.82, 2.24) is 15.2 Å². The predicted molar refractivity (Wildman–Crippen MR) is 72.6 cm³/mol. The number of H-pyrrole nitrogens is 1. The highest BCUT2D eigenvalue weighted by Crippen LogP contribution is 2.20. The minimum atomic E-state index is 0.476. The first kappa shape index (κ1) is 11.5. The fraction of sp³-hybridized carbons (Fsp3) is 0.0667. The number of benzene rings is 1. The zero-order valence-corrected chi connectivity index (χ0v) is 10.3. The molecule has 19 heavy (non-hydrogen) atoms. The molecule has 2 heterocycles. The van der Waals surface area contributed by atoms with Crippen LogP contribution >= 0.6 is 0 Å². The van der Waals surface area contributed by atoms with Gasteiger partial charge in [0.25, 0.3) is 0 Å². The summed E-state index contributed by atoms with van der Waals surface area (Å²) < 4.78 is 5.68. The fourth-order valence-electron chi connectivity index (χ4n) is 1.79. The van der Waals surface area contributed by atoms with Crippen LogP contribution in [0.5, 0.6) is 5.75 Å². The van der Waals surface area contributed by atoms with E-state index in [2.05, 4.69) is 15.2 Å². The van der Waals surface area contributed by atoms with Crippen molar-refractivity contribution in [2.45, 2.75) is 6.61 Å². The molecule has 4 heteroatoms. The van der Waals surface area contributed by atoms with Gasteiger partial charge in [0.15, 0.2) is 0 Å². The van der Waals surface area contributed by atoms with E-state index in [1.54, 1.807) is 12.4 Å². The Hall–Kier alpha value is -2.62. The lowest BCUT2D eigenvalue weighted by atomic mass is 10.1. The minimum Gasteiger partial charge on any atom is -0.487 e. The summed E-state index contributed by atoms with van der Waals surface area (Å²) in [5.74, 6) is 0.828. The molecule has 0 bridgehead atoms. The third kappa shape index (κ3) is 2.80. The molecule has 94 valence electrons. The standard InChI is InChI=1S/C15H13N3O/c1-2-9-16-13(3-1)11-19-14-6-4-12(5-7-14)15-8-10-17-18-15/h1-10H,11H2,(H,17,18). The fourth-order valence-corrected chi connectivity index (χ4v) is 1.79. The minimum absolute atomic E-state index is 0.476. The van der Waals surface area contributed by atoms with Crippen LogP contribution < -0.4 is 4.74 Å². The van der Waals surface area contributed by atoms with Crippen molar-refractivity contribution in [3.05, 3.63) is 66.6 Å². The first-order chi connectivity index (χ1) is 9.42. The van der Waals surface area contributed by atoms with Crippen LogP contribution in [-0.2, 0) is 6.61 Å². The van der Waals surface area contributed by atoms with Crippen molar-refractivity contribution >= 4 is 0 Å². The van der Waals surface area contributed by atoms with Gasteiger partial charge >= 0.3 is 0 Å². The molecule has 0 spiro atoms. The number of ether oxygens (including phenoxy) is 1. The second-order valence-electron chi connectivity index (χ2n) is 4.10. The van der Waals surface area contributed by atoms with Crippen LogP contribution in [0.3, 0.4) is 0 Å². The largest absolute Gasteiger partial charge is 0.487 e. The van der Waals surface area contributed by atoms with Gasteiger partial charge in [-0.2, -0.15) is 5.10 Å². The average Bonchev–Trinajstić information content (AvgIpc) is 3.01. The molecular weight excluding hydrogens is 238 g/mol. The third-order valence-corrected chi connectivity index (χ3v) is 2.78. The van der Waals surface area contributed by atoms with Gasteiger partial charge < -0.3 is 4.74 Å². The molecule has 0 radical (unpaired) electrons. The van der Waals surface area contributed by atoms with Gasteiger partial charge in [-0.1, -0.05) is 6.07 Å². The van der Waals surface area contributed by atoms with Gasteiger partial charge in [0.2, 0.25) is 0 Å². The number of hydrogen-bond donors (Lipinski definition) is 1. The topological polar surface area (TPSA) is 50.8 Å². The van der Waals surface area contributed by atoms with Crippen LogP contribution in [0.1, 0.15) is 5.69 Å². The van der Waals surface area contributed by atoms with Crippen LogP contribution in [0.25, 0.3) is 11.3 Å². The Morgan fingerprint density at radius 3 is 2.53 bits per heavy atom. The molecule has 3 rings (SSSR count). The molecule has 1 aromatic carbocycles. The molecule has 1 N–H and O–H groups in total. The van der Waals surface area contributed by atoms with Crippen LogP contribution in [-0.4, -0.2) is 15.2 Å². The number of aromatic nitrogens is 3. The van der Waals surface area contributed by atoms with Crippen molar-refractivity contribution in [2.75, 3.05) is 0 Å². The maximum atomic E-state index is 5.68. The summed E-state index contributed by atoms with van der Waals surface area (Å²) in [7, 11) is 0. The van der Waals surface area contributed by atoms with Gasteiger partial charge in [0, 0.05) is 12.4 Å². The lowest BCUT2D eigenvalue weighted by Crippen LogP contribution is -1.97. The highest BCUT2D eigenvalue weighted by molar-refractivity contribution is 5.59. The Labute approximate surface area is 111 Å². The van der Waals surface area contributed by atoms with Gasteiger partial charge in [-0.25, -0.2) is 0 Å². The number of hydrogen-bond acceptors (Lipinski definition) is 3. The van der Waals surface area contributed by atoms with E-state index < -0.39 is 0 Å². The van der Waals surface area contributed by atoms with Crippen LogP contribution in [0, 0.1) is 0 Å². The summed E-state index contributed by atoms with van der Waals surface area (Å²) in [5.41, 5.74) is 3.00. The summed E-state index contributed by atoms with van der Waals surface area (Å²) >= 11 is 0. The summed E-state index contributed by atoms with van der Waals surface area (Å²) in [6, 6.07) is 15.6. The van der Waals surface area contributed by atoms with Gasteiger partial charge in [-0.3, -0.25) is 10.1 Å². The lowest BCUT2D eigenvalue weighted by Gasteiger charge is -2.06. The molecular formula is C15H13N3O. The number of pyridine rings is 1. The third-order valence-electron chi connectivity index (χ3n) is 2.78. The van der Waals surface area contributed by atoms with E-state index in [1.807, 2.05) is 48.5 Å². The molecule has 0 saturated heterocycles. The van der Waals surface area contributed by atoms with Crippen molar-refractivity contribution in [1.29, 1.82) is 0 Å². The van der Waals surface area contributed by atoms with E-state index in [-0.39, 0.29) is 0 Å². The molecule has 0 aliphatic carbocycles. The number of nitrogens with one attached hydrogen (secondary N) is 1.